The maximum absolute atomic E-state index is 13.6. The van der Waals surface area contributed by atoms with Crippen molar-refractivity contribution in [1.82, 2.24) is 4.40 Å². The molecule has 0 amide bonds. The highest BCUT2D eigenvalue weighted by atomic mass is 127. The molecule has 0 fully saturated rings. The SMILES string of the molecule is O=Cc1cc2ccccc2n2c(-c3ccccc3)c(I)c(C(=O)c3ccccc3)c12. The van der Waals surface area contributed by atoms with Crippen molar-refractivity contribution in [3.8, 4) is 11.3 Å². The van der Waals surface area contributed by atoms with E-state index in [4.69, 9.17) is 0 Å². The molecule has 2 heterocycles. The first kappa shape index (κ1) is 18.8. The molecule has 5 aromatic rings. The van der Waals surface area contributed by atoms with E-state index >= 15 is 0 Å². The Bertz CT molecular complexity index is 1420. The average molecular weight is 501 g/mol. The summed E-state index contributed by atoms with van der Waals surface area (Å²) in [5.74, 6) is -0.0851. The molecule has 4 heteroatoms. The molecule has 0 unspecified atom stereocenters. The van der Waals surface area contributed by atoms with Crippen molar-refractivity contribution in [1.29, 1.82) is 0 Å². The van der Waals surface area contributed by atoms with Crippen molar-refractivity contribution < 1.29 is 9.59 Å². The molecule has 3 nitrogen and oxygen atoms in total. The van der Waals surface area contributed by atoms with E-state index in [9.17, 15) is 9.59 Å². The number of hydrogen-bond acceptors (Lipinski definition) is 2. The van der Waals surface area contributed by atoms with Crippen LogP contribution in [0.2, 0.25) is 0 Å². The van der Waals surface area contributed by atoms with Gasteiger partial charge in [-0.15, -0.1) is 0 Å². The number of fused-ring (bicyclic) bond motifs is 3. The maximum atomic E-state index is 13.6. The van der Waals surface area contributed by atoms with Gasteiger partial charge in [0.25, 0.3) is 0 Å². The molecule has 30 heavy (non-hydrogen) atoms. The summed E-state index contributed by atoms with van der Waals surface area (Å²) in [7, 11) is 0. The van der Waals surface area contributed by atoms with Gasteiger partial charge < -0.3 is 4.40 Å². The van der Waals surface area contributed by atoms with Crippen LogP contribution >= 0.6 is 22.6 Å². The first-order valence-corrected chi connectivity index (χ1v) is 10.6. The van der Waals surface area contributed by atoms with Crippen LogP contribution in [0.1, 0.15) is 26.3 Å². The molecular weight excluding hydrogens is 485 g/mol. The van der Waals surface area contributed by atoms with E-state index in [2.05, 4.69) is 27.0 Å². The third kappa shape index (κ3) is 2.87. The number of benzene rings is 3. The van der Waals surface area contributed by atoms with E-state index in [0.717, 1.165) is 32.0 Å². The van der Waals surface area contributed by atoms with Gasteiger partial charge in [0.2, 0.25) is 0 Å². The van der Waals surface area contributed by atoms with E-state index in [1.54, 1.807) is 0 Å². The van der Waals surface area contributed by atoms with E-state index in [1.165, 1.54) is 0 Å². The number of aromatic nitrogens is 1. The lowest BCUT2D eigenvalue weighted by atomic mass is 10.0. The Kier molecular flexibility index (Phi) is 4.71. The summed E-state index contributed by atoms with van der Waals surface area (Å²) < 4.78 is 2.90. The Labute approximate surface area is 187 Å². The Morgan fingerprint density at radius 1 is 0.833 bits per heavy atom. The summed E-state index contributed by atoms with van der Waals surface area (Å²) in [4.78, 5) is 25.7. The predicted octanol–water partition coefficient (Wildman–Crippen LogP) is 6.41. The standard InChI is InChI=1S/C26H16INO2/c27-23-22(26(30)18-11-5-2-6-12-18)24-20(16-29)15-19-13-7-8-14-21(19)28(24)25(23)17-9-3-1-4-10-17/h1-16H. The molecular formula is C26H16INO2. The Morgan fingerprint density at radius 2 is 1.47 bits per heavy atom. The molecule has 2 aromatic heterocycles. The van der Waals surface area contributed by atoms with Gasteiger partial charge in [0.1, 0.15) is 0 Å². The lowest BCUT2D eigenvalue weighted by Gasteiger charge is -2.10. The lowest BCUT2D eigenvalue weighted by Crippen LogP contribution is -2.04. The van der Waals surface area contributed by atoms with Gasteiger partial charge in [-0.25, -0.2) is 0 Å². The van der Waals surface area contributed by atoms with Crippen molar-refractivity contribution >= 4 is 51.1 Å². The van der Waals surface area contributed by atoms with Crippen molar-refractivity contribution in [2.45, 2.75) is 0 Å². The Morgan fingerprint density at radius 3 is 2.17 bits per heavy atom. The fraction of sp³-hybridized carbons (Fsp3) is 0. The molecule has 0 aliphatic carbocycles. The van der Waals surface area contributed by atoms with Crippen molar-refractivity contribution in [2.75, 3.05) is 0 Å². The number of carbonyl (C=O) groups excluding carboxylic acids is 2. The molecule has 0 saturated heterocycles. The maximum Gasteiger partial charge on any atom is 0.196 e. The summed E-state index contributed by atoms with van der Waals surface area (Å²) in [5, 5.41) is 0.953. The summed E-state index contributed by atoms with van der Waals surface area (Å²) >= 11 is 2.25. The van der Waals surface area contributed by atoms with Gasteiger partial charge in [0.05, 0.1) is 25.9 Å². The van der Waals surface area contributed by atoms with Crippen LogP contribution in [-0.4, -0.2) is 16.5 Å². The van der Waals surface area contributed by atoms with Crippen LogP contribution in [-0.2, 0) is 0 Å². The van der Waals surface area contributed by atoms with Gasteiger partial charge in [0, 0.05) is 11.1 Å². The normalized spacial score (nSPS) is 11.1. The largest absolute Gasteiger partial charge is 0.307 e. The van der Waals surface area contributed by atoms with Crippen molar-refractivity contribution in [3.05, 3.63) is 111 Å². The number of rotatable bonds is 4. The highest BCUT2D eigenvalue weighted by Gasteiger charge is 2.26. The van der Waals surface area contributed by atoms with Crippen LogP contribution in [0.5, 0.6) is 0 Å². The van der Waals surface area contributed by atoms with Gasteiger partial charge in [0.15, 0.2) is 12.1 Å². The topological polar surface area (TPSA) is 38.5 Å². The fourth-order valence-corrected chi connectivity index (χ4v) is 5.04. The quantitative estimate of drug-likeness (QED) is 0.162. The summed E-state index contributed by atoms with van der Waals surface area (Å²) in [6.45, 7) is 0. The van der Waals surface area contributed by atoms with Gasteiger partial charge >= 0.3 is 0 Å². The monoisotopic (exact) mass is 501 g/mol. The summed E-state index contributed by atoms with van der Waals surface area (Å²) in [6.07, 6.45) is 0.842. The fourth-order valence-electron chi connectivity index (χ4n) is 3.99. The number of ketones is 1. The zero-order chi connectivity index (χ0) is 20.7. The van der Waals surface area contributed by atoms with Crippen molar-refractivity contribution in [2.24, 2.45) is 0 Å². The number of pyridine rings is 1. The number of para-hydroxylation sites is 1. The lowest BCUT2D eigenvalue weighted by molar-refractivity contribution is 0.103. The van der Waals surface area contributed by atoms with Crippen LogP contribution in [0.15, 0.2) is 91.0 Å². The highest BCUT2D eigenvalue weighted by Crippen LogP contribution is 2.38. The van der Waals surface area contributed by atoms with E-state index in [0.29, 0.717) is 22.2 Å². The number of carbonyl (C=O) groups is 2. The minimum atomic E-state index is -0.0851. The Hall–Kier alpha value is -3.25. The van der Waals surface area contributed by atoms with Gasteiger partial charge in [-0.1, -0.05) is 78.9 Å². The zero-order valence-corrected chi connectivity index (χ0v) is 18.0. The summed E-state index contributed by atoms with van der Waals surface area (Å²) in [5.41, 5.74) is 5.21. The van der Waals surface area contributed by atoms with E-state index in [-0.39, 0.29) is 5.78 Å². The third-order valence-electron chi connectivity index (χ3n) is 5.31. The molecule has 0 atom stereocenters. The first-order valence-electron chi connectivity index (χ1n) is 9.56. The minimum absolute atomic E-state index is 0.0851. The van der Waals surface area contributed by atoms with Crippen LogP contribution in [0, 0.1) is 3.57 Å². The number of halogens is 1. The second-order valence-corrected chi connectivity index (χ2v) is 8.14. The van der Waals surface area contributed by atoms with Gasteiger partial charge in [-0.3, -0.25) is 9.59 Å². The van der Waals surface area contributed by atoms with Gasteiger partial charge in [-0.2, -0.15) is 0 Å². The first-order chi connectivity index (χ1) is 14.7. The van der Waals surface area contributed by atoms with Crippen LogP contribution < -0.4 is 0 Å². The number of hydrogen-bond donors (Lipinski definition) is 0. The Balaban J connectivity index is 1.99. The van der Waals surface area contributed by atoms with Crippen molar-refractivity contribution in [3.63, 3.8) is 0 Å². The number of aldehydes is 1. The molecule has 0 aliphatic rings. The van der Waals surface area contributed by atoms with Gasteiger partial charge in [-0.05, 0) is 45.7 Å². The third-order valence-corrected chi connectivity index (χ3v) is 6.36. The molecule has 144 valence electrons. The molecule has 0 aliphatic heterocycles. The zero-order valence-electron chi connectivity index (χ0n) is 15.9. The number of nitrogens with zero attached hydrogens (tertiary/aromatic N) is 1. The molecule has 3 aromatic carbocycles. The second-order valence-electron chi connectivity index (χ2n) is 7.06. The second kappa shape index (κ2) is 7.54. The molecule has 0 spiro atoms. The smallest absolute Gasteiger partial charge is 0.196 e. The molecule has 0 radical (unpaired) electrons. The average Bonchev–Trinajstić information content (AvgIpc) is 3.12. The molecule has 0 bridgehead atoms. The van der Waals surface area contributed by atoms with Crippen LogP contribution in [0.4, 0.5) is 0 Å². The van der Waals surface area contributed by atoms with Crippen LogP contribution in [0.3, 0.4) is 0 Å². The predicted molar refractivity (Wildman–Crippen MR) is 128 cm³/mol. The highest BCUT2D eigenvalue weighted by molar-refractivity contribution is 14.1. The molecule has 0 saturated carbocycles. The summed E-state index contributed by atoms with van der Waals surface area (Å²) in [6, 6.07) is 29.0. The molecule has 5 rings (SSSR count). The van der Waals surface area contributed by atoms with E-state index < -0.39 is 0 Å². The van der Waals surface area contributed by atoms with E-state index in [1.807, 2.05) is 91.0 Å². The minimum Gasteiger partial charge on any atom is -0.307 e. The molecule has 0 N–H and O–H groups in total. The van der Waals surface area contributed by atoms with Crippen LogP contribution in [0.25, 0.3) is 27.7 Å².